The van der Waals surface area contributed by atoms with E-state index in [4.69, 9.17) is 0 Å². The number of alkyl halides is 3. The summed E-state index contributed by atoms with van der Waals surface area (Å²) in [6.07, 6.45) is -4.95. The molecule has 0 spiro atoms. The van der Waals surface area contributed by atoms with E-state index in [9.17, 15) is 22.8 Å². The minimum atomic E-state index is -4.90. The second-order valence-electron chi connectivity index (χ2n) is 2.40. The van der Waals surface area contributed by atoms with Crippen LogP contribution in [0.2, 0.25) is 0 Å². The standard InChI is InChI=1S/C7H9F3O2/c1-3-5(11)4(2)6(12)7(8,9)10/h4H,3H2,1-2H3. The fourth-order valence-electron chi connectivity index (χ4n) is 0.698. The first-order valence-electron chi connectivity index (χ1n) is 3.44. The van der Waals surface area contributed by atoms with E-state index < -0.39 is 23.7 Å². The van der Waals surface area contributed by atoms with Crippen LogP contribution in [-0.4, -0.2) is 17.7 Å². The van der Waals surface area contributed by atoms with E-state index in [2.05, 4.69) is 0 Å². The van der Waals surface area contributed by atoms with Gasteiger partial charge in [0.25, 0.3) is 0 Å². The van der Waals surface area contributed by atoms with Gasteiger partial charge < -0.3 is 0 Å². The number of Topliss-reactive ketones (excluding diaryl/α,β-unsaturated/α-hetero) is 2. The monoisotopic (exact) mass is 182 g/mol. The summed E-state index contributed by atoms with van der Waals surface area (Å²) < 4.78 is 35.1. The summed E-state index contributed by atoms with van der Waals surface area (Å²) in [6.45, 7) is 2.39. The van der Waals surface area contributed by atoms with Gasteiger partial charge in [-0.1, -0.05) is 6.92 Å². The molecule has 0 aliphatic rings. The molecule has 0 saturated carbocycles. The van der Waals surface area contributed by atoms with Crippen molar-refractivity contribution in [1.29, 1.82) is 0 Å². The van der Waals surface area contributed by atoms with Crippen molar-refractivity contribution in [2.24, 2.45) is 5.92 Å². The van der Waals surface area contributed by atoms with Gasteiger partial charge in [0.2, 0.25) is 5.78 Å². The van der Waals surface area contributed by atoms with Gasteiger partial charge in [-0.3, -0.25) is 9.59 Å². The molecule has 0 aliphatic carbocycles. The maximum Gasteiger partial charge on any atom is 0.450 e. The molecule has 0 saturated heterocycles. The van der Waals surface area contributed by atoms with Crippen LogP contribution >= 0.6 is 0 Å². The number of carbonyl (C=O) groups excluding carboxylic acids is 2. The van der Waals surface area contributed by atoms with Crippen molar-refractivity contribution >= 4 is 11.6 Å². The van der Waals surface area contributed by atoms with Crippen LogP contribution in [-0.2, 0) is 9.59 Å². The lowest BCUT2D eigenvalue weighted by molar-refractivity contribution is -0.176. The molecule has 0 bridgehead atoms. The number of rotatable bonds is 3. The molecule has 0 aromatic heterocycles. The van der Waals surface area contributed by atoms with Gasteiger partial charge in [0, 0.05) is 6.42 Å². The largest absolute Gasteiger partial charge is 0.450 e. The van der Waals surface area contributed by atoms with Crippen molar-refractivity contribution in [3.63, 3.8) is 0 Å². The van der Waals surface area contributed by atoms with Crippen LogP contribution in [0.15, 0.2) is 0 Å². The summed E-state index contributed by atoms with van der Waals surface area (Å²) >= 11 is 0. The Kier molecular flexibility index (Phi) is 3.42. The molecule has 0 rings (SSSR count). The minimum Gasteiger partial charge on any atom is -0.299 e. The quantitative estimate of drug-likeness (QED) is 0.623. The zero-order valence-corrected chi connectivity index (χ0v) is 6.73. The molecule has 0 aliphatic heterocycles. The zero-order valence-electron chi connectivity index (χ0n) is 6.73. The maximum absolute atomic E-state index is 11.7. The van der Waals surface area contributed by atoms with Gasteiger partial charge in [-0.2, -0.15) is 13.2 Å². The summed E-state index contributed by atoms with van der Waals surface area (Å²) in [7, 11) is 0. The first-order valence-corrected chi connectivity index (χ1v) is 3.44. The molecule has 1 atom stereocenters. The lowest BCUT2D eigenvalue weighted by Gasteiger charge is -2.09. The van der Waals surface area contributed by atoms with E-state index in [0.717, 1.165) is 6.92 Å². The van der Waals surface area contributed by atoms with Gasteiger partial charge >= 0.3 is 6.18 Å². The molecular formula is C7H9F3O2. The summed E-state index contributed by atoms with van der Waals surface area (Å²) in [5.74, 6) is -4.21. The Morgan fingerprint density at radius 1 is 1.33 bits per heavy atom. The number of hydrogen-bond donors (Lipinski definition) is 0. The Morgan fingerprint density at radius 3 is 2.00 bits per heavy atom. The van der Waals surface area contributed by atoms with E-state index in [0.29, 0.717) is 0 Å². The Labute approximate surface area is 67.7 Å². The van der Waals surface area contributed by atoms with Gasteiger partial charge in [-0.15, -0.1) is 0 Å². The van der Waals surface area contributed by atoms with E-state index in [1.54, 1.807) is 0 Å². The molecule has 0 aromatic carbocycles. The molecule has 0 radical (unpaired) electrons. The highest BCUT2D eigenvalue weighted by Crippen LogP contribution is 2.21. The summed E-state index contributed by atoms with van der Waals surface area (Å²) in [6, 6.07) is 0. The van der Waals surface area contributed by atoms with Crippen LogP contribution < -0.4 is 0 Å². The Bertz CT molecular complexity index is 195. The van der Waals surface area contributed by atoms with Crippen LogP contribution in [0.5, 0.6) is 0 Å². The van der Waals surface area contributed by atoms with E-state index in [1.807, 2.05) is 0 Å². The van der Waals surface area contributed by atoms with Crippen LogP contribution in [0, 0.1) is 5.92 Å². The zero-order chi connectivity index (χ0) is 9.94. The molecular weight excluding hydrogens is 173 g/mol. The average molecular weight is 182 g/mol. The van der Waals surface area contributed by atoms with Crippen molar-refractivity contribution < 1.29 is 22.8 Å². The third-order valence-electron chi connectivity index (χ3n) is 1.50. The first kappa shape index (κ1) is 11.1. The van der Waals surface area contributed by atoms with Crippen LogP contribution in [0.4, 0.5) is 13.2 Å². The number of halogens is 3. The third kappa shape index (κ3) is 2.64. The topological polar surface area (TPSA) is 34.1 Å². The van der Waals surface area contributed by atoms with Crippen LogP contribution in [0.3, 0.4) is 0 Å². The smallest absolute Gasteiger partial charge is 0.299 e. The SMILES string of the molecule is CCC(=O)C(C)C(=O)C(F)(F)F. The molecule has 0 heterocycles. The lowest BCUT2D eigenvalue weighted by atomic mass is 9.99. The molecule has 1 unspecified atom stereocenters. The predicted molar refractivity (Wildman–Crippen MR) is 35.5 cm³/mol. The van der Waals surface area contributed by atoms with Crippen molar-refractivity contribution in [2.75, 3.05) is 0 Å². The second-order valence-corrected chi connectivity index (χ2v) is 2.40. The predicted octanol–water partition coefficient (Wildman–Crippen LogP) is 1.73. The third-order valence-corrected chi connectivity index (χ3v) is 1.50. The highest BCUT2D eigenvalue weighted by atomic mass is 19.4. The lowest BCUT2D eigenvalue weighted by Crippen LogP contribution is -2.33. The van der Waals surface area contributed by atoms with Crippen molar-refractivity contribution in [2.45, 2.75) is 26.4 Å². The molecule has 70 valence electrons. The number of hydrogen-bond acceptors (Lipinski definition) is 2. The van der Waals surface area contributed by atoms with Crippen LogP contribution in [0.1, 0.15) is 20.3 Å². The summed E-state index contributed by atoms with van der Waals surface area (Å²) in [4.78, 5) is 21.1. The van der Waals surface area contributed by atoms with E-state index in [1.165, 1.54) is 6.92 Å². The van der Waals surface area contributed by atoms with Gasteiger partial charge in [0.05, 0.1) is 5.92 Å². The molecule has 0 fully saturated rings. The van der Waals surface area contributed by atoms with Crippen LogP contribution in [0.25, 0.3) is 0 Å². The highest BCUT2D eigenvalue weighted by Gasteiger charge is 2.43. The molecule has 2 nitrogen and oxygen atoms in total. The molecule has 5 heteroatoms. The van der Waals surface area contributed by atoms with Crippen molar-refractivity contribution in [3.8, 4) is 0 Å². The molecule has 12 heavy (non-hydrogen) atoms. The minimum absolute atomic E-state index is 0.0526. The van der Waals surface area contributed by atoms with E-state index >= 15 is 0 Å². The maximum atomic E-state index is 11.7. The summed E-state index contributed by atoms with van der Waals surface area (Å²) in [5, 5.41) is 0. The average Bonchev–Trinajstić information content (AvgIpc) is 1.98. The van der Waals surface area contributed by atoms with Gasteiger partial charge in [0.15, 0.2) is 0 Å². The van der Waals surface area contributed by atoms with Gasteiger partial charge in [-0.05, 0) is 6.92 Å². The fraction of sp³-hybridized carbons (Fsp3) is 0.714. The normalized spacial score (nSPS) is 14.1. The van der Waals surface area contributed by atoms with Gasteiger partial charge in [-0.25, -0.2) is 0 Å². The van der Waals surface area contributed by atoms with Crippen molar-refractivity contribution in [1.82, 2.24) is 0 Å². The summed E-state index contributed by atoms with van der Waals surface area (Å²) in [5.41, 5.74) is 0. The molecule has 0 aromatic rings. The number of ketones is 2. The molecule has 0 N–H and O–H groups in total. The second kappa shape index (κ2) is 3.69. The highest BCUT2D eigenvalue weighted by molar-refractivity contribution is 6.04. The fourth-order valence-corrected chi connectivity index (χ4v) is 0.698. The molecule has 0 amide bonds. The Balaban J connectivity index is 4.41. The Hall–Kier alpha value is -0.870. The van der Waals surface area contributed by atoms with E-state index in [-0.39, 0.29) is 6.42 Å². The first-order chi connectivity index (χ1) is 5.30. The Morgan fingerprint density at radius 2 is 1.75 bits per heavy atom. The number of carbonyl (C=O) groups is 2. The van der Waals surface area contributed by atoms with Gasteiger partial charge in [0.1, 0.15) is 5.78 Å². The van der Waals surface area contributed by atoms with Crippen molar-refractivity contribution in [3.05, 3.63) is 0 Å².